The van der Waals surface area contributed by atoms with E-state index < -0.39 is 0 Å². The van der Waals surface area contributed by atoms with Gasteiger partial charge in [0, 0.05) is 18.1 Å². The summed E-state index contributed by atoms with van der Waals surface area (Å²) < 4.78 is 11.5. The first kappa shape index (κ1) is 19.8. The molecule has 0 aliphatic heterocycles. The molecule has 0 unspecified atom stereocenters. The lowest BCUT2D eigenvalue weighted by Gasteiger charge is -2.24. The Balaban J connectivity index is 2.20. The topological polar surface area (TPSA) is 90.2 Å². The van der Waals surface area contributed by atoms with Crippen molar-refractivity contribution in [3.05, 3.63) is 45.4 Å². The Morgan fingerprint density at radius 2 is 2.04 bits per heavy atom. The molecule has 6 nitrogen and oxygen atoms in total. The van der Waals surface area contributed by atoms with Gasteiger partial charge in [0.15, 0.2) is 0 Å². The Bertz CT molecular complexity index is 812. The van der Waals surface area contributed by atoms with Crippen LogP contribution in [0.15, 0.2) is 23.0 Å². The molecule has 0 aliphatic carbocycles. The number of rotatable bonds is 8. The van der Waals surface area contributed by atoms with E-state index in [0.717, 1.165) is 24.2 Å². The first-order valence-corrected chi connectivity index (χ1v) is 8.90. The van der Waals surface area contributed by atoms with E-state index in [1.807, 2.05) is 18.2 Å². The van der Waals surface area contributed by atoms with Gasteiger partial charge < -0.3 is 15.2 Å². The summed E-state index contributed by atoms with van der Waals surface area (Å²) in [7, 11) is 1.61. The molecule has 6 heteroatoms. The minimum atomic E-state index is -0.223. The maximum absolute atomic E-state index is 12.2. The lowest BCUT2D eigenvalue weighted by atomic mass is 9.89. The molecule has 0 spiro atoms. The molecule has 1 heterocycles. The van der Waals surface area contributed by atoms with Crippen LogP contribution in [0, 0.1) is 12.3 Å². The third-order valence-electron chi connectivity index (χ3n) is 4.42. The van der Waals surface area contributed by atoms with Crippen LogP contribution in [-0.2, 0) is 6.42 Å². The molecule has 2 aromatic rings. The van der Waals surface area contributed by atoms with E-state index in [4.69, 9.17) is 15.2 Å². The smallest absolute Gasteiger partial charge is 0.256 e. The zero-order valence-electron chi connectivity index (χ0n) is 16.3. The highest BCUT2D eigenvalue weighted by atomic mass is 16.5. The number of H-pyrrole nitrogens is 1. The lowest BCUT2D eigenvalue weighted by Crippen LogP contribution is -2.21. The van der Waals surface area contributed by atoms with E-state index in [0.29, 0.717) is 30.0 Å². The summed E-state index contributed by atoms with van der Waals surface area (Å²) in [4.78, 5) is 18.8. The van der Waals surface area contributed by atoms with Crippen LogP contribution in [0.4, 0.5) is 5.95 Å². The van der Waals surface area contributed by atoms with Gasteiger partial charge in [0.25, 0.3) is 5.56 Å². The van der Waals surface area contributed by atoms with E-state index in [1.165, 1.54) is 0 Å². The summed E-state index contributed by atoms with van der Waals surface area (Å²) in [5.41, 5.74) is 7.58. The summed E-state index contributed by atoms with van der Waals surface area (Å²) in [6.07, 6.45) is 2.65. The number of benzene rings is 1. The van der Waals surface area contributed by atoms with Gasteiger partial charge in [0.1, 0.15) is 11.5 Å². The quantitative estimate of drug-likeness (QED) is 0.753. The fourth-order valence-electron chi connectivity index (χ4n) is 3.02. The number of aromatic nitrogens is 2. The van der Waals surface area contributed by atoms with Crippen molar-refractivity contribution in [2.24, 2.45) is 5.41 Å². The van der Waals surface area contributed by atoms with Crippen molar-refractivity contribution >= 4 is 5.95 Å². The average molecular weight is 359 g/mol. The number of methoxy groups -OCH3 is 1. The van der Waals surface area contributed by atoms with Crippen molar-refractivity contribution in [3.63, 3.8) is 0 Å². The van der Waals surface area contributed by atoms with Gasteiger partial charge in [-0.1, -0.05) is 33.3 Å². The molecule has 3 N–H and O–H groups in total. The number of nitrogens with zero attached hydrogens (tertiary/aromatic N) is 1. The van der Waals surface area contributed by atoms with Gasteiger partial charge in [-0.15, -0.1) is 0 Å². The molecule has 2 rings (SSSR count). The van der Waals surface area contributed by atoms with Crippen molar-refractivity contribution < 1.29 is 9.47 Å². The number of hydrogen-bond acceptors (Lipinski definition) is 5. The van der Waals surface area contributed by atoms with Gasteiger partial charge in [-0.05, 0) is 30.4 Å². The number of aromatic amines is 1. The molecule has 0 saturated carbocycles. The number of hydrogen-bond donors (Lipinski definition) is 2. The SMILES string of the molecule is CCCC(C)(C)COc1ccc(Cc2c(C)nc(N)[nH]c2=O)c(OC)c1. The maximum Gasteiger partial charge on any atom is 0.256 e. The van der Waals surface area contributed by atoms with E-state index in [-0.39, 0.29) is 16.9 Å². The average Bonchev–Trinajstić information content (AvgIpc) is 2.56. The number of nitrogens with two attached hydrogens (primary N) is 1. The molecule has 0 saturated heterocycles. The Hall–Kier alpha value is -2.50. The Labute approximate surface area is 154 Å². The van der Waals surface area contributed by atoms with Gasteiger partial charge in [0.2, 0.25) is 5.95 Å². The summed E-state index contributed by atoms with van der Waals surface area (Å²) >= 11 is 0. The number of aryl methyl sites for hydroxylation is 1. The molecule has 0 aliphatic rings. The van der Waals surface area contributed by atoms with Gasteiger partial charge in [-0.2, -0.15) is 0 Å². The zero-order valence-corrected chi connectivity index (χ0v) is 16.3. The van der Waals surface area contributed by atoms with Gasteiger partial charge in [-0.25, -0.2) is 4.98 Å². The fraction of sp³-hybridized carbons (Fsp3) is 0.500. The van der Waals surface area contributed by atoms with Crippen LogP contribution in [-0.4, -0.2) is 23.7 Å². The normalized spacial score (nSPS) is 11.4. The minimum Gasteiger partial charge on any atom is -0.496 e. The van der Waals surface area contributed by atoms with Crippen molar-refractivity contribution in [2.45, 2.75) is 47.0 Å². The monoisotopic (exact) mass is 359 g/mol. The molecule has 1 aromatic carbocycles. The molecule has 0 atom stereocenters. The molecule has 0 amide bonds. The standard InChI is InChI=1S/C20H29N3O3/c1-6-9-20(3,4)12-26-15-8-7-14(17(11-15)25-5)10-16-13(2)22-19(21)23-18(16)24/h7-8,11H,6,9-10,12H2,1-5H3,(H3,21,22,23,24). The molecule has 26 heavy (non-hydrogen) atoms. The molecule has 0 fully saturated rings. The molecule has 0 radical (unpaired) electrons. The Morgan fingerprint density at radius 1 is 1.31 bits per heavy atom. The molecule has 0 bridgehead atoms. The van der Waals surface area contributed by atoms with Crippen molar-refractivity contribution in [3.8, 4) is 11.5 Å². The van der Waals surface area contributed by atoms with E-state index in [1.54, 1.807) is 14.0 Å². The summed E-state index contributed by atoms with van der Waals surface area (Å²) in [5.74, 6) is 1.57. The van der Waals surface area contributed by atoms with Crippen molar-refractivity contribution in [1.29, 1.82) is 0 Å². The van der Waals surface area contributed by atoms with Crippen LogP contribution in [0.25, 0.3) is 0 Å². The van der Waals surface area contributed by atoms with Gasteiger partial charge in [0.05, 0.1) is 19.4 Å². The minimum absolute atomic E-state index is 0.126. The second-order valence-electron chi connectivity index (χ2n) is 7.37. The predicted octanol–water partition coefficient (Wildman–Crippen LogP) is 3.47. The van der Waals surface area contributed by atoms with E-state index in [9.17, 15) is 4.79 Å². The number of anilines is 1. The highest BCUT2D eigenvalue weighted by molar-refractivity contribution is 5.43. The molecule has 142 valence electrons. The third-order valence-corrected chi connectivity index (χ3v) is 4.42. The summed E-state index contributed by atoms with van der Waals surface area (Å²) in [6, 6.07) is 5.70. The predicted molar refractivity (Wildman–Crippen MR) is 104 cm³/mol. The molecular formula is C20H29N3O3. The number of ether oxygens (including phenoxy) is 2. The van der Waals surface area contributed by atoms with Crippen LogP contribution < -0.4 is 20.8 Å². The summed E-state index contributed by atoms with van der Waals surface area (Å²) in [5, 5.41) is 0. The highest BCUT2D eigenvalue weighted by Gasteiger charge is 2.18. The molecule has 1 aromatic heterocycles. The second-order valence-corrected chi connectivity index (χ2v) is 7.37. The Kier molecular flexibility index (Phi) is 6.29. The van der Waals surface area contributed by atoms with Gasteiger partial charge >= 0.3 is 0 Å². The third kappa shape index (κ3) is 5.00. The molecular weight excluding hydrogens is 330 g/mol. The zero-order chi connectivity index (χ0) is 19.3. The number of nitrogen functional groups attached to an aromatic ring is 1. The first-order chi connectivity index (χ1) is 12.3. The maximum atomic E-state index is 12.2. The van der Waals surface area contributed by atoms with Crippen LogP contribution in [0.3, 0.4) is 0 Å². The largest absolute Gasteiger partial charge is 0.496 e. The fourth-order valence-corrected chi connectivity index (χ4v) is 3.02. The second kappa shape index (κ2) is 8.25. The lowest BCUT2D eigenvalue weighted by molar-refractivity contribution is 0.168. The van der Waals surface area contributed by atoms with Crippen LogP contribution >= 0.6 is 0 Å². The first-order valence-electron chi connectivity index (χ1n) is 8.90. The highest BCUT2D eigenvalue weighted by Crippen LogP contribution is 2.29. The van der Waals surface area contributed by atoms with Crippen LogP contribution in [0.2, 0.25) is 0 Å². The van der Waals surface area contributed by atoms with Crippen LogP contribution in [0.1, 0.15) is 50.4 Å². The van der Waals surface area contributed by atoms with E-state index in [2.05, 4.69) is 30.7 Å². The number of nitrogens with one attached hydrogen (secondary N) is 1. The van der Waals surface area contributed by atoms with Gasteiger partial charge in [-0.3, -0.25) is 9.78 Å². The van der Waals surface area contributed by atoms with E-state index >= 15 is 0 Å². The van der Waals surface area contributed by atoms with Crippen molar-refractivity contribution in [1.82, 2.24) is 9.97 Å². The summed E-state index contributed by atoms with van der Waals surface area (Å²) in [6.45, 7) is 9.00. The van der Waals surface area contributed by atoms with Crippen LogP contribution in [0.5, 0.6) is 11.5 Å². The van der Waals surface area contributed by atoms with Crippen molar-refractivity contribution in [2.75, 3.05) is 19.5 Å². The Morgan fingerprint density at radius 3 is 2.65 bits per heavy atom.